The van der Waals surface area contributed by atoms with E-state index in [1.165, 1.54) is 31.8 Å². The van der Waals surface area contributed by atoms with Gasteiger partial charge in [-0.1, -0.05) is 71.1 Å². The van der Waals surface area contributed by atoms with Crippen molar-refractivity contribution in [3.05, 3.63) is 0 Å². The van der Waals surface area contributed by atoms with Gasteiger partial charge in [-0.05, 0) is 67.4 Å². The topological polar surface area (TPSA) is 0 Å². The molecule has 23 heavy (non-hydrogen) atoms. The average Bonchev–Trinajstić information content (AvgIpc) is 2.59. The fourth-order valence-electron chi connectivity index (χ4n) is 5.91. The maximum atomic E-state index is 2.96. The maximum absolute atomic E-state index is 2.96. The van der Waals surface area contributed by atoms with Crippen molar-refractivity contribution < 1.29 is 0 Å². The van der Waals surface area contributed by atoms with Gasteiger partial charge in [-0.25, -0.2) is 0 Å². The summed E-state index contributed by atoms with van der Waals surface area (Å²) in [4.78, 5) is 0. The molecule has 0 saturated heterocycles. The maximum Gasteiger partial charge on any atom is -0.0353 e. The van der Waals surface area contributed by atoms with Gasteiger partial charge in [0.15, 0.2) is 0 Å². The van der Waals surface area contributed by atoms with Crippen LogP contribution in [0.3, 0.4) is 0 Å². The molecule has 3 aliphatic carbocycles. The van der Waals surface area contributed by atoms with Crippen molar-refractivity contribution in [1.29, 1.82) is 0 Å². The highest BCUT2D eigenvalue weighted by molar-refractivity contribution is 7.16. The van der Waals surface area contributed by atoms with Crippen LogP contribution in [-0.4, -0.2) is 6.16 Å². The number of rotatable bonds is 5. The first kappa shape index (κ1) is 18.2. The minimum absolute atomic E-state index is 1.02. The Hall–Kier alpha value is 0.430. The quantitative estimate of drug-likeness (QED) is 0.470. The van der Waals surface area contributed by atoms with Crippen LogP contribution in [0.15, 0.2) is 0 Å². The molecule has 0 aromatic rings. The summed E-state index contributed by atoms with van der Waals surface area (Å²) in [5, 5.41) is 0. The molecule has 3 aliphatic rings. The van der Waals surface area contributed by atoms with Crippen LogP contribution in [0.4, 0.5) is 0 Å². The van der Waals surface area contributed by atoms with E-state index < -0.39 is 0 Å². The third-order valence-electron chi connectivity index (χ3n) is 7.73. The molecule has 0 heterocycles. The third-order valence-corrected chi connectivity index (χ3v) is 8.40. The van der Waals surface area contributed by atoms with Crippen molar-refractivity contribution in [2.75, 3.05) is 6.16 Å². The first-order chi connectivity index (χ1) is 11.2. The lowest BCUT2D eigenvalue weighted by molar-refractivity contribution is 0.168. The zero-order valence-corrected chi connectivity index (χ0v) is 16.8. The Morgan fingerprint density at radius 2 is 0.826 bits per heavy atom. The van der Waals surface area contributed by atoms with Crippen LogP contribution in [-0.2, 0) is 0 Å². The lowest BCUT2D eigenvalue weighted by Crippen LogP contribution is -2.23. The van der Waals surface area contributed by atoms with E-state index in [4.69, 9.17) is 0 Å². The summed E-state index contributed by atoms with van der Waals surface area (Å²) in [6, 6.07) is 0. The molecule has 0 spiro atoms. The molecule has 0 aliphatic heterocycles. The second-order valence-electron chi connectivity index (χ2n) is 9.61. The van der Waals surface area contributed by atoms with E-state index in [1.807, 2.05) is 0 Å². The normalized spacial score (nSPS) is 42.5. The SMILES string of the molecule is CC1CCC(CC2CCC(CC3CCC(CP)CC3)CC2)CC1. The van der Waals surface area contributed by atoms with Crippen LogP contribution in [0.2, 0.25) is 0 Å². The van der Waals surface area contributed by atoms with Gasteiger partial charge in [0.1, 0.15) is 0 Å². The van der Waals surface area contributed by atoms with Crippen molar-refractivity contribution in [3.63, 3.8) is 0 Å². The Morgan fingerprint density at radius 1 is 0.522 bits per heavy atom. The lowest BCUT2D eigenvalue weighted by atomic mass is 9.70. The van der Waals surface area contributed by atoms with Crippen LogP contribution in [0.5, 0.6) is 0 Å². The van der Waals surface area contributed by atoms with Crippen LogP contribution < -0.4 is 0 Å². The second kappa shape index (κ2) is 9.22. The molecule has 0 bridgehead atoms. The van der Waals surface area contributed by atoms with E-state index in [9.17, 15) is 0 Å². The molecule has 0 radical (unpaired) electrons. The summed E-state index contributed by atoms with van der Waals surface area (Å²) in [5.74, 6) is 6.42. The summed E-state index contributed by atoms with van der Waals surface area (Å²) >= 11 is 0. The van der Waals surface area contributed by atoms with Gasteiger partial charge in [-0.2, -0.15) is 0 Å². The molecule has 3 fully saturated rings. The average molecular weight is 337 g/mol. The van der Waals surface area contributed by atoms with E-state index in [-0.39, 0.29) is 0 Å². The fraction of sp³-hybridized carbons (Fsp3) is 1.00. The van der Waals surface area contributed by atoms with Gasteiger partial charge in [0.25, 0.3) is 0 Å². The molecular weight excluding hydrogens is 295 g/mol. The molecule has 1 heteroatoms. The Bertz CT molecular complexity index is 315. The van der Waals surface area contributed by atoms with Crippen molar-refractivity contribution in [3.8, 4) is 0 Å². The highest BCUT2D eigenvalue weighted by atomic mass is 31.0. The van der Waals surface area contributed by atoms with E-state index in [0.717, 1.165) is 35.5 Å². The standard InChI is InChI=1S/C22H41P/c1-17-2-4-18(5-3-17)14-19-6-8-20(9-7-19)15-21-10-12-22(16-23)13-11-21/h17-22H,2-16,23H2,1H3. The fourth-order valence-corrected chi connectivity index (χ4v) is 6.38. The van der Waals surface area contributed by atoms with Crippen LogP contribution in [0, 0.1) is 35.5 Å². The third kappa shape index (κ3) is 5.73. The molecule has 1 atom stereocenters. The number of hydrogen-bond acceptors (Lipinski definition) is 0. The van der Waals surface area contributed by atoms with Crippen LogP contribution in [0.25, 0.3) is 0 Å². The monoisotopic (exact) mass is 336 g/mol. The van der Waals surface area contributed by atoms with Gasteiger partial charge in [-0.3, -0.25) is 0 Å². The van der Waals surface area contributed by atoms with Crippen molar-refractivity contribution in [1.82, 2.24) is 0 Å². The Labute approximate surface area is 148 Å². The molecule has 0 N–H and O–H groups in total. The van der Waals surface area contributed by atoms with Gasteiger partial charge in [0, 0.05) is 0 Å². The summed E-state index contributed by atoms with van der Waals surface area (Å²) < 4.78 is 0. The molecule has 0 aromatic heterocycles. The Morgan fingerprint density at radius 3 is 1.17 bits per heavy atom. The summed E-state index contributed by atoms with van der Waals surface area (Å²) in [6.45, 7) is 2.45. The van der Waals surface area contributed by atoms with Gasteiger partial charge in [0.05, 0.1) is 0 Å². The largest absolute Gasteiger partial charge is 0.137 e. The molecule has 3 saturated carbocycles. The highest BCUT2D eigenvalue weighted by Gasteiger charge is 2.28. The lowest BCUT2D eigenvalue weighted by Gasteiger charge is -2.36. The zero-order valence-electron chi connectivity index (χ0n) is 15.6. The first-order valence-electron chi connectivity index (χ1n) is 10.9. The minimum Gasteiger partial charge on any atom is -0.137 e. The molecule has 0 nitrogen and oxygen atoms in total. The molecule has 3 rings (SSSR count). The molecule has 0 aromatic carbocycles. The first-order valence-corrected chi connectivity index (χ1v) is 11.7. The Balaban J connectivity index is 1.31. The smallest absolute Gasteiger partial charge is 0.0353 e. The summed E-state index contributed by atoms with van der Waals surface area (Å²) in [6.07, 6.45) is 23.0. The highest BCUT2D eigenvalue weighted by Crippen LogP contribution is 2.41. The molecule has 1 unspecified atom stereocenters. The number of hydrogen-bond donors (Lipinski definition) is 0. The zero-order chi connectivity index (χ0) is 16.1. The predicted octanol–water partition coefficient (Wildman–Crippen LogP) is 7.08. The summed E-state index contributed by atoms with van der Waals surface area (Å²) in [5.41, 5.74) is 0. The minimum atomic E-state index is 1.02. The van der Waals surface area contributed by atoms with Crippen LogP contribution >= 0.6 is 9.24 Å². The van der Waals surface area contributed by atoms with Crippen molar-refractivity contribution in [2.45, 2.75) is 96.8 Å². The van der Waals surface area contributed by atoms with Gasteiger partial charge in [-0.15, -0.1) is 9.24 Å². The second-order valence-corrected chi connectivity index (χ2v) is 10.1. The van der Waals surface area contributed by atoms with Crippen LogP contribution in [0.1, 0.15) is 96.8 Å². The van der Waals surface area contributed by atoms with Crippen molar-refractivity contribution >= 4 is 9.24 Å². The predicted molar refractivity (Wildman–Crippen MR) is 106 cm³/mol. The van der Waals surface area contributed by atoms with Gasteiger partial charge < -0.3 is 0 Å². The Kier molecular flexibility index (Phi) is 7.30. The summed E-state index contributed by atoms with van der Waals surface area (Å²) in [7, 11) is 2.96. The van der Waals surface area contributed by atoms with E-state index in [2.05, 4.69) is 16.2 Å². The van der Waals surface area contributed by atoms with E-state index >= 15 is 0 Å². The van der Waals surface area contributed by atoms with E-state index in [0.29, 0.717) is 0 Å². The van der Waals surface area contributed by atoms with E-state index in [1.54, 1.807) is 64.2 Å². The van der Waals surface area contributed by atoms with Gasteiger partial charge >= 0.3 is 0 Å². The molecule has 0 amide bonds. The molecule has 134 valence electrons. The molecular formula is C22H41P. The van der Waals surface area contributed by atoms with Gasteiger partial charge in [0.2, 0.25) is 0 Å². The van der Waals surface area contributed by atoms with Crippen molar-refractivity contribution in [2.24, 2.45) is 35.5 Å².